The molecule has 2 aromatic carbocycles. The Morgan fingerprint density at radius 1 is 1.13 bits per heavy atom. The van der Waals surface area contributed by atoms with Crippen molar-refractivity contribution < 1.29 is 14.3 Å². The number of nitrogens with zero attached hydrogens (tertiary/aromatic N) is 2. The van der Waals surface area contributed by atoms with Crippen LogP contribution < -0.4 is 14.8 Å². The first kappa shape index (κ1) is 20.3. The molecule has 0 spiro atoms. The summed E-state index contributed by atoms with van der Waals surface area (Å²) >= 11 is 0. The van der Waals surface area contributed by atoms with Crippen molar-refractivity contribution in [1.82, 2.24) is 14.9 Å². The van der Waals surface area contributed by atoms with Crippen LogP contribution in [0.25, 0.3) is 11.0 Å². The van der Waals surface area contributed by atoms with E-state index in [9.17, 15) is 4.79 Å². The van der Waals surface area contributed by atoms with Crippen molar-refractivity contribution in [3.05, 3.63) is 53.9 Å². The Morgan fingerprint density at radius 3 is 2.67 bits per heavy atom. The molecule has 30 heavy (non-hydrogen) atoms. The number of benzene rings is 2. The minimum Gasteiger partial charge on any atom is -0.490 e. The summed E-state index contributed by atoms with van der Waals surface area (Å²) in [5.41, 5.74) is 2.92. The van der Waals surface area contributed by atoms with Crippen LogP contribution >= 0.6 is 0 Å². The smallest absolute Gasteiger partial charge is 0.225 e. The molecule has 1 aliphatic rings. The van der Waals surface area contributed by atoms with Crippen LogP contribution in [0.1, 0.15) is 44.1 Å². The largest absolute Gasteiger partial charge is 0.490 e. The topological polar surface area (TPSA) is 65.4 Å². The van der Waals surface area contributed by atoms with Crippen molar-refractivity contribution in [2.75, 3.05) is 13.2 Å². The zero-order valence-electron chi connectivity index (χ0n) is 17.9. The van der Waals surface area contributed by atoms with E-state index in [0.29, 0.717) is 24.9 Å². The number of aromatic nitrogens is 2. The summed E-state index contributed by atoms with van der Waals surface area (Å²) in [6.45, 7) is 5.60. The number of ether oxygens (including phenoxy) is 2. The van der Waals surface area contributed by atoms with Crippen molar-refractivity contribution in [2.45, 2.75) is 39.2 Å². The highest BCUT2D eigenvalue weighted by Gasteiger charge is 2.22. The lowest BCUT2D eigenvalue weighted by molar-refractivity contribution is -0.121. The van der Waals surface area contributed by atoms with Gasteiger partial charge in [0.15, 0.2) is 11.5 Å². The third-order valence-electron chi connectivity index (χ3n) is 5.35. The molecule has 1 atom stereocenters. The SMILES string of the molecule is CC(C)C[C@@H](NC(=O)Cc1ccc2c(c1)OCCCO2)c1nc2ccccc2n1C. The molecule has 6 nitrogen and oxygen atoms in total. The van der Waals surface area contributed by atoms with Crippen LogP contribution in [0.2, 0.25) is 0 Å². The fourth-order valence-electron chi connectivity index (χ4n) is 3.92. The quantitative estimate of drug-likeness (QED) is 0.666. The molecule has 1 aromatic heterocycles. The molecular weight excluding hydrogens is 378 g/mol. The zero-order valence-corrected chi connectivity index (χ0v) is 17.9. The predicted octanol–water partition coefficient (Wildman–Crippen LogP) is 4.18. The number of hydrogen-bond acceptors (Lipinski definition) is 4. The van der Waals surface area contributed by atoms with Gasteiger partial charge >= 0.3 is 0 Å². The molecule has 1 amide bonds. The normalized spacial score (nSPS) is 14.5. The van der Waals surface area contributed by atoms with Gasteiger partial charge in [-0.15, -0.1) is 0 Å². The molecule has 0 aliphatic carbocycles. The summed E-state index contributed by atoms with van der Waals surface area (Å²) < 4.78 is 13.5. The lowest BCUT2D eigenvalue weighted by Crippen LogP contribution is -2.32. The number of carbonyl (C=O) groups is 1. The van der Waals surface area contributed by atoms with E-state index >= 15 is 0 Å². The van der Waals surface area contributed by atoms with Gasteiger partial charge in [-0.3, -0.25) is 4.79 Å². The van der Waals surface area contributed by atoms with Gasteiger partial charge < -0.3 is 19.4 Å². The summed E-state index contributed by atoms with van der Waals surface area (Å²) in [6.07, 6.45) is 1.97. The van der Waals surface area contributed by atoms with Crippen LogP contribution in [-0.2, 0) is 18.3 Å². The van der Waals surface area contributed by atoms with Gasteiger partial charge in [0.05, 0.1) is 36.7 Å². The first-order chi connectivity index (χ1) is 14.5. The Bertz CT molecular complexity index is 1040. The van der Waals surface area contributed by atoms with E-state index in [1.165, 1.54) is 0 Å². The van der Waals surface area contributed by atoms with Gasteiger partial charge in [-0.05, 0) is 42.2 Å². The van der Waals surface area contributed by atoms with Crippen molar-refractivity contribution in [3.8, 4) is 11.5 Å². The molecule has 158 valence electrons. The van der Waals surface area contributed by atoms with Crippen molar-refractivity contribution in [1.29, 1.82) is 0 Å². The van der Waals surface area contributed by atoms with Crippen LogP contribution in [0.3, 0.4) is 0 Å². The average Bonchev–Trinajstić information content (AvgIpc) is 2.88. The highest BCUT2D eigenvalue weighted by molar-refractivity contribution is 5.80. The Hall–Kier alpha value is -3.02. The molecule has 2 heterocycles. The summed E-state index contributed by atoms with van der Waals surface area (Å²) in [7, 11) is 2.01. The Labute approximate surface area is 177 Å². The first-order valence-corrected chi connectivity index (χ1v) is 10.6. The summed E-state index contributed by atoms with van der Waals surface area (Å²) in [5, 5.41) is 3.21. The van der Waals surface area contributed by atoms with Gasteiger partial charge in [0.2, 0.25) is 5.91 Å². The lowest BCUT2D eigenvalue weighted by atomic mass is 10.0. The van der Waals surface area contributed by atoms with E-state index < -0.39 is 0 Å². The van der Waals surface area contributed by atoms with E-state index in [1.54, 1.807) is 0 Å². The maximum Gasteiger partial charge on any atom is 0.225 e. The second-order valence-corrected chi connectivity index (χ2v) is 8.28. The fraction of sp³-hybridized carbons (Fsp3) is 0.417. The van der Waals surface area contributed by atoms with Gasteiger partial charge in [0, 0.05) is 13.5 Å². The van der Waals surface area contributed by atoms with Gasteiger partial charge in [0.1, 0.15) is 5.82 Å². The minimum absolute atomic E-state index is 0.0257. The number of fused-ring (bicyclic) bond motifs is 2. The first-order valence-electron chi connectivity index (χ1n) is 10.6. The third kappa shape index (κ3) is 4.42. The van der Waals surface area contributed by atoms with Gasteiger partial charge in [-0.2, -0.15) is 0 Å². The molecule has 0 radical (unpaired) electrons. The molecule has 0 saturated heterocycles. The molecule has 1 N–H and O–H groups in total. The molecular formula is C24H29N3O3. The number of rotatable bonds is 6. The molecule has 6 heteroatoms. The van der Waals surface area contributed by atoms with Gasteiger partial charge in [-0.25, -0.2) is 4.98 Å². The van der Waals surface area contributed by atoms with Crippen molar-refractivity contribution in [2.24, 2.45) is 13.0 Å². The predicted molar refractivity (Wildman–Crippen MR) is 117 cm³/mol. The summed E-state index contributed by atoms with van der Waals surface area (Å²) in [5.74, 6) is 2.74. The molecule has 0 fully saturated rings. The van der Waals surface area contributed by atoms with E-state index in [-0.39, 0.29) is 18.4 Å². The Balaban J connectivity index is 1.52. The van der Waals surface area contributed by atoms with Gasteiger partial charge in [0.25, 0.3) is 0 Å². The Morgan fingerprint density at radius 2 is 1.90 bits per heavy atom. The number of carbonyl (C=O) groups excluding carboxylic acids is 1. The number of para-hydroxylation sites is 2. The fourth-order valence-corrected chi connectivity index (χ4v) is 3.92. The number of amides is 1. The maximum absolute atomic E-state index is 12.9. The van der Waals surface area contributed by atoms with Crippen molar-refractivity contribution in [3.63, 3.8) is 0 Å². The van der Waals surface area contributed by atoms with Crippen LogP contribution in [-0.4, -0.2) is 28.7 Å². The van der Waals surface area contributed by atoms with Crippen LogP contribution in [0.4, 0.5) is 0 Å². The monoisotopic (exact) mass is 407 g/mol. The van der Waals surface area contributed by atoms with Crippen LogP contribution in [0.15, 0.2) is 42.5 Å². The number of aryl methyl sites for hydroxylation is 1. The third-order valence-corrected chi connectivity index (χ3v) is 5.35. The summed E-state index contributed by atoms with van der Waals surface area (Å²) in [6, 6.07) is 13.6. The second kappa shape index (κ2) is 8.78. The standard InChI is InChI=1S/C24H29N3O3/c1-16(2)13-19(24-26-18-7-4-5-8-20(18)27(24)3)25-23(28)15-17-9-10-21-22(14-17)30-12-6-11-29-21/h4-5,7-10,14,16,19H,6,11-13,15H2,1-3H3,(H,25,28)/t19-/m1/s1. The highest BCUT2D eigenvalue weighted by atomic mass is 16.5. The maximum atomic E-state index is 12.9. The van der Waals surface area contributed by atoms with Crippen LogP contribution in [0.5, 0.6) is 11.5 Å². The Kier molecular flexibility index (Phi) is 5.93. The number of imidazole rings is 1. The molecule has 4 rings (SSSR count). The van der Waals surface area contributed by atoms with Gasteiger partial charge in [-0.1, -0.05) is 32.0 Å². The highest BCUT2D eigenvalue weighted by Crippen LogP contribution is 2.31. The lowest BCUT2D eigenvalue weighted by Gasteiger charge is -2.21. The number of hydrogen-bond donors (Lipinski definition) is 1. The molecule has 3 aromatic rings. The van der Waals surface area contributed by atoms with E-state index in [1.807, 2.05) is 43.4 Å². The van der Waals surface area contributed by atoms with E-state index in [0.717, 1.165) is 41.0 Å². The average molecular weight is 408 g/mol. The molecule has 0 unspecified atom stereocenters. The molecule has 0 bridgehead atoms. The van der Waals surface area contributed by atoms with Crippen LogP contribution in [0, 0.1) is 5.92 Å². The zero-order chi connectivity index (χ0) is 21.1. The van der Waals surface area contributed by atoms with E-state index in [4.69, 9.17) is 14.5 Å². The van der Waals surface area contributed by atoms with E-state index in [2.05, 4.69) is 29.8 Å². The summed E-state index contributed by atoms with van der Waals surface area (Å²) in [4.78, 5) is 17.7. The molecule has 1 aliphatic heterocycles. The minimum atomic E-state index is -0.143. The number of nitrogens with one attached hydrogen (secondary N) is 1. The van der Waals surface area contributed by atoms with Crippen molar-refractivity contribution >= 4 is 16.9 Å². The second-order valence-electron chi connectivity index (χ2n) is 8.28. The molecule has 0 saturated carbocycles.